The van der Waals surface area contributed by atoms with Crippen molar-refractivity contribution in [3.8, 4) is 17.5 Å². The number of piperidine rings is 1. The Morgan fingerprint density at radius 1 is 1.26 bits per heavy atom. The van der Waals surface area contributed by atoms with Crippen molar-refractivity contribution >= 4 is 11.5 Å². The van der Waals surface area contributed by atoms with E-state index in [0.29, 0.717) is 29.4 Å². The molecule has 0 saturated carbocycles. The zero-order chi connectivity index (χ0) is 18.8. The summed E-state index contributed by atoms with van der Waals surface area (Å²) in [6.07, 6.45) is 2.93. The van der Waals surface area contributed by atoms with Gasteiger partial charge in [-0.25, -0.2) is 28.2 Å². The SMILES string of the molecule is N#CCC1CCCN(c2cc(-c3cnc4ccc(C(F)F)nn34)ncn2)C1. The summed E-state index contributed by atoms with van der Waals surface area (Å²) in [5.74, 6) is 1.08. The Kier molecular flexibility index (Phi) is 4.62. The fourth-order valence-electron chi connectivity index (χ4n) is 3.41. The van der Waals surface area contributed by atoms with E-state index in [1.54, 1.807) is 6.20 Å². The van der Waals surface area contributed by atoms with Crippen LogP contribution in [-0.4, -0.2) is 37.7 Å². The number of nitriles is 1. The molecule has 1 atom stereocenters. The summed E-state index contributed by atoms with van der Waals surface area (Å²) in [6, 6.07) is 6.83. The number of alkyl halides is 2. The first-order valence-electron chi connectivity index (χ1n) is 8.73. The maximum Gasteiger partial charge on any atom is 0.282 e. The van der Waals surface area contributed by atoms with E-state index in [0.717, 1.165) is 31.7 Å². The second kappa shape index (κ2) is 7.23. The average Bonchev–Trinajstić information content (AvgIpc) is 3.12. The Morgan fingerprint density at radius 3 is 2.96 bits per heavy atom. The number of fused-ring (bicyclic) bond motifs is 1. The molecule has 4 rings (SSSR count). The van der Waals surface area contributed by atoms with Crippen LogP contribution in [0.15, 0.2) is 30.7 Å². The van der Waals surface area contributed by atoms with Crippen molar-refractivity contribution in [3.63, 3.8) is 0 Å². The Morgan fingerprint density at radius 2 is 2.15 bits per heavy atom. The van der Waals surface area contributed by atoms with E-state index in [1.807, 2.05) is 6.07 Å². The molecule has 1 fully saturated rings. The standard InChI is InChI=1S/C18H17F2N7/c19-18(20)13-3-4-16-22-9-15(27(16)25-13)14-8-17(24-11-23-14)26-7-1-2-12(10-26)5-6-21/h3-4,8-9,11-12,18H,1-2,5,7,10H2. The molecule has 1 unspecified atom stereocenters. The third-order valence-electron chi connectivity index (χ3n) is 4.74. The van der Waals surface area contributed by atoms with Crippen LogP contribution in [0.25, 0.3) is 17.0 Å². The topological polar surface area (TPSA) is 83.0 Å². The number of halogens is 2. The number of aromatic nitrogens is 5. The van der Waals surface area contributed by atoms with Gasteiger partial charge in [-0.1, -0.05) is 0 Å². The van der Waals surface area contributed by atoms with E-state index in [4.69, 9.17) is 5.26 Å². The van der Waals surface area contributed by atoms with Gasteiger partial charge in [0.15, 0.2) is 5.65 Å². The minimum atomic E-state index is -2.66. The van der Waals surface area contributed by atoms with Crippen molar-refractivity contribution in [2.24, 2.45) is 5.92 Å². The number of nitrogens with zero attached hydrogens (tertiary/aromatic N) is 7. The van der Waals surface area contributed by atoms with Gasteiger partial charge in [-0.2, -0.15) is 10.4 Å². The predicted octanol–water partition coefficient (Wildman–Crippen LogP) is 3.25. The van der Waals surface area contributed by atoms with E-state index in [9.17, 15) is 8.78 Å². The quantitative estimate of drug-likeness (QED) is 0.702. The summed E-state index contributed by atoms with van der Waals surface area (Å²) < 4.78 is 27.4. The van der Waals surface area contributed by atoms with E-state index in [1.165, 1.54) is 23.0 Å². The van der Waals surface area contributed by atoms with Crippen molar-refractivity contribution in [2.75, 3.05) is 18.0 Å². The largest absolute Gasteiger partial charge is 0.356 e. The third kappa shape index (κ3) is 3.43. The summed E-state index contributed by atoms with van der Waals surface area (Å²) in [4.78, 5) is 15.0. The van der Waals surface area contributed by atoms with Crippen LogP contribution < -0.4 is 4.90 Å². The molecule has 9 heteroatoms. The zero-order valence-electron chi connectivity index (χ0n) is 14.5. The lowest BCUT2D eigenvalue weighted by Crippen LogP contribution is -2.35. The van der Waals surface area contributed by atoms with Gasteiger partial charge in [0, 0.05) is 25.6 Å². The van der Waals surface area contributed by atoms with Crippen LogP contribution in [0.4, 0.5) is 14.6 Å². The first-order chi connectivity index (χ1) is 13.2. The monoisotopic (exact) mass is 369 g/mol. The number of hydrogen-bond acceptors (Lipinski definition) is 6. The van der Waals surface area contributed by atoms with Gasteiger partial charge in [0.2, 0.25) is 0 Å². The van der Waals surface area contributed by atoms with Crippen LogP contribution in [0, 0.1) is 17.2 Å². The van der Waals surface area contributed by atoms with Gasteiger partial charge in [-0.15, -0.1) is 0 Å². The minimum absolute atomic E-state index is 0.314. The molecule has 0 N–H and O–H groups in total. The Hall–Kier alpha value is -3.15. The number of rotatable bonds is 4. The van der Waals surface area contributed by atoms with Crippen LogP contribution in [0.1, 0.15) is 31.4 Å². The van der Waals surface area contributed by atoms with E-state index in [-0.39, 0.29) is 5.69 Å². The molecule has 1 aliphatic heterocycles. The highest BCUT2D eigenvalue weighted by molar-refractivity contribution is 5.62. The maximum absolute atomic E-state index is 13.0. The molecule has 4 heterocycles. The van der Waals surface area contributed by atoms with Crippen molar-refractivity contribution in [1.29, 1.82) is 5.26 Å². The first kappa shape index (κ1) is 17.3. The summed E-state index contributed by atoms with van der Waals surface area (Å²) in [7, 11) is 0. The molecule has 0 aromatic carbocycles. The van der Waals surface area contributed by atoms with Crippen LogP contribution in [-0.2, 0) is 0 Å². The molecule has 0 spiro atoms. The lowest BCUT2D eigenvalue weighted by Gasteiger charge is -2.32. The van der Waals surface area contributed by atoms with Crippen LogP contribution in [0.5, 0.6) is 0 Å². The molecule has 27 heavy (non-hydrogen) atoms. The predicted molar refractivity (Wildman–Crippen MR) is 94.1 cm³/mol. The van der Waals surface area contributed by atoms with Crippen LogP contribution >= 0.6 is 0 Å². The molecule has 0 radical (unpaired) electrons. The minimum Gasteiger partial charge on any atom is -0.356 e. The highest BCUT2D eigenvalue weighted by Gasteiger charge is 2.22. The van der Waals surface area contributed by atoms with Crippen molar-refractivity contribution < 1.29 is 8.78 Å². The van der Waals surface area contributed by atoms with E-state index >= 15 is 0 Å². The van der Waals surface area contributed by atoms with Gasteiger partial charge in [-0.05, 0) is 30.9 Å². The van der Waals surface area contributed by atoms with Crippen molar-refractivity contribution in [3.05, 3.63) is 36.4 Å². The molecule has 3 aromatic heterocycles. The molecule has 3 aromatic rings. The molecule has 0 aliphatic carbocycles. The lowest BCUT2D eigenvalue weighted by molar-refractivity contribution is 0.144. The van der Waals surface area contributed by atoms with Crippen molar-refractivity contribution in [2.45, 2.75) is 25.7 Å². The van der Waals surface area contributed by atoms with Gasteiger partial charge in [0.1, 0.15) is 23.5 Å². The molecular weight excluding hydrogens is 352 g/mol. The number of hydrogen-bond donors (Lipinski definition) is 0. The van der Waals surface area contributed by atoms with Gasteiger partial charge in [0.25, 0.3) is 6.43 Å². The van der Waals surface area contributed by atoms with Crippen molar-refractivity contribution in [1.82, 2.24) is 24.6 Å². The molecular formula is C18H17F2N7. The Labute approximate surface area is 154 Å². The second-order valence-electron chi connectivity index (χ2n) is 6.55. The maximum atomic E-state index is 13.0. The van der Waals surface area contributed by atoms with Crippen LogP contribution in [0.2, 0.25) is 0 Å². The Balaban J connectivity index is 1.68. The highest BCUT2D eigenvalue weighted by atomic mass is 19.3. The lowest BCUT2D eigenvalue weighted by atomic mass is 9.95. The molecule has 0 bridgehead atoms. The summed E-state index contributed by atoms with van der Waals surface area (Å²) in [5, 5.41) is 12.9. The van der Waals surface area contributed by atoms with Crippen LogP contribution in [0.3, 0.4) is 0 Å². The second-order valence-corrected chi connectivity index (χ2v) is 6.55. The molecule has 138 valence electrons. The number of anilines is 1. The van der Waals surface area contributed by atoms with Gasteiger partial charge < -0.3 is 4.90 Å². The summed E-state index contributed by atoms with van der Waals surface area (Å²) >= 11 is 0. The average molecular weight is 369 g/mol. The number of imidazole rings is 1. The van der Waals surface area contributed by atoms with E-state index in [2.05, 4.69) is 31.0 Å². The molecule has 1 saturated heterocycles. The third-order valence-corrected chi connectivity index (χ3v) is 4.74. The molecule has 1 aliphatic rings. The van der Waals surface area contributed by atoms with Gasteiger partial charge in [0.05, 0.1) is 18.0 Å². The first-order valence-corrected chi connectivity index (χ1v) is 8.73. The van der Waals surface area contributed by atoms with Gasteiger partial charge >= 0.3 is 0 Å². The summed E-state index contributed by atoms with van der Waals surface area (Å²) in [5.41, 5.74) is 1.25. The Bertz CT molecular complexity index is 995. The zero-order valence-corrected chi connectivity index (χ0v) is 14.5. The normalized spacial score (nSPS) is 17.4. The smallest absolute Gasteiger partial charge is 0.282 e. The van der Waals surface area contributed by atoms with E-state index < -0.39 is 6.43 Å². The fourth-order valence-corrected chi connectivity index (χ4v) is 3.41. The molecule has 7 nitrogen and oxygen atoms in total. The fraction of sp³-hybridized carbons (Fsp3) is 0.389. The highest BCUT2D eigenvalue weighted by Crippen LogP contribution is 2.27. The molecule has 0 amide bonds. The van der Waals surface area contributed by atoms with Gasteiger partial charge in [-0.3, -0.25) is 0 Å². The summed E-state index contributed by atoms with van der Waals surface area (Å²) in [6.45, 7) is 1.63.